The monoisotopic (exact) mass is 298 g/mol. The van der Waals surface area contributed by atoms with Gasteiger partial charge in [-0.3, -0.25) is 0 Å². The van der Waals surface area contributed by atoms with Gasteiger partial charge in [-0.25, -0.2) is 8.42 Å². The molecule has 1 saturated heterocycles. The van der Waals surface area contributed by atoms with Crippen LogP contribution in [0.25, 0.3) is 0 Å². The minimum atomic E-state index is -3.04. The molecule has 5 nitrogen and oxygen atoms in total. The molecule has 1 fully saturated rings. The normalized spacial score (nSPS) is 25.1. The molecular weight excluding hydrogens is 276 g/mol. The highest BCUT2D eigenvalue weighted by Gasteiger charge is 2.42. The molecule has 1 atom stereocenters. The molecule has 1 aliphatic rings. The van der Waals surface area contributed by atoms with Crippen LogP contribution in [-0.2, 0) is 9.84 Å². The summed E-state index contributed by atoms with van der Waals surface area (Å²) in [7, 11) is 0.467. The highest BCUT2D eigenvalue weighted by molar-refractivity contribution is 7.91. The Morgan fingerprint density at radius 1 is 1.40 bits per heavy atom. The summed E-state index contributed by atoms with van der Waals surface area (Å²) >= 11 is 0. The number of para-hydroxylation sites is 2. The van der Waals surface area contributed by atoms with Crippen LogP contribution in [0, 0.1) is 0 Å². The highest BCUT2D eigenvalue weighted by Crippen LogP contribution is 2.36. The van der Waals surface area contributed by atoms with Crippen LogP contribution in [0.3, 0.4) is 0 Å². The van der Waals surface area contributed by atoms with Crippen molar-refractivity contribution in [2.45, 2.75) is 18.4 Å². The van der Waals surface area contributed by atoms with Crippen molar-refractivity contribution < 1.29 is 13.2 Å². The van der Waals surface area contributed by atoms with Gasteiger partial charge in [0.15, 0.2) is 9.84 Å². The predicted octanol–water partition coefficient (Wildman–Crippen LogP) is 1.04. The van der Waals surface area contributed by atoms with Gasteiger partial charge in [-0.15, -0.1) is 0 Å². The van der Waals surface area contributed by atoms with E-state index in [1.165, 1.54) is 0 Å². The average Bonchev–Trinajstić information content (AvgIpc) is 2.45. The maximum Gasteiger partial charge on any atom is 0.152 e. The fraction of sp³-hybridized carbons (Fsp3) is 0.571. The smallest absolute Gasteiger partial charge is 0.152 e. The molecular formula is C14H22N2O3S. The van der Waals surface area contributed by atoms with Crippen LogP contribution < -0.4 is 15.4 Å². The van der Waals surface area contributed by atoms with Gasteiger partial charge in [0.2, 0.25) is 0 Å². The van der Waals surface area contributed by atoms with E-state index in [0.717, 1.165) is 17.9 Å². The van der Waals surface area contributed by atoms with Crippen molar-refractivity contribution in [3.63, 3.8) is 0 Å². The third-order valence-corrected chi connectivity index (χ3v) is 6.01. The quantitative estimate of drug-likeness (QED) is 0.899. The number of likely N-dealkylation sites (N-methyl/N-ethyl adjacent to an activating group) is 1. The lowest BCUT2D eigenvalue weighted by atomic mass is 9.93. The second kappa shape index (κ2) is 5.61. The Labute approximate surface area is 120 Å². The van der Waals surface area contributed by atoms with Crippen molar-refractivity contribution in [3.05, 3.63) is 24.3 Å². The Morgan fingerprint density at radius 2 is 2.10 bits per heavy atom. The number of sulfone groups is 1. The molecule has 1 aromatic carbocycles. The molecule has 1 heterocycles. The summed E-state index contributed by atoms with van der Waals surface area (Å²) in [6.07, 6.45) is 1.43. The summed E-state index contributed by atoms with van der Waals surface area (Å²) in [5, 5.41) is 0. The van der Waals surface area contributed by atoms with Crippen molar-refractivity contribution in [1.82, 2.24) is 0 Å². The van der Waals surface area contributed by atoms with Crippen molar-refractivity contribution >= 4 is 15.5 Å². The second-order valence-corrected chi connectivity index (χ2v) is 7.54. The molecule has 20 heavy (non-hydrogen) atoms. The van der Waals surface area contributed by atoms with Crippen molar-refractivity contribution in [1.29, 1.82) is 0 Å². The van der Waals surface area contributed by atoms with Crippen LogP contribution in [-0.4, -0.2) is 46.2 Å². The van der Waals surface area contributed by atoms with Gasteiger partial charge >= 0.3 is 0 Å². The van der Waals surface area contributed by atoms with E-state index in [0.29, 0.717) is 13.0 Å². The van der Waals surface area contributed by atoms with E-state index in [1.807, 2.05) is 36.2 Å². The lowest BCUT2D eigenvalue weighted by molar-refractivity contribution is 0.383. The Balaban J connectivity index is 2.40. The van der Waals surface area contributed by atoms with Gasteiger partial charge in [0.25, 0.3) is 0 Å². The van der Waals surface area contributed by atoms with E-state index in [2.05, 4.69) is 0 Å². The Kier molecular flexibility index (Phi) is 4.25. The van der Waals surface area contributed by atoms with Crippen LogP contribution in [0.4, 0.5) is 5.69 Å². The molecule has 0 amide bonds. The van der Waals surface area contributed by atoms with Crippen LogP contribution >= 0.6 is 0 Å². The van der Waals surface area contributed by atoms with Gasteiger partial charge < -0.3 is 15.4 Å². The third kappa shape index (κ3) is 2.76. The fourth-order valence-electron chi connectivity index (χ4n) is 2.90. The molecule has 0 bridgehead atoms. The summed E-state index contributed by atoms with van der Waals surface area (Å²) in [5.41, 5.74) is 6.27. The number of anilines is 1. The van der Waals surface area contributed by atoms with Crippen LogP contribution in [0.15, 0.2) is 24.3 Å². The summed E-state index contributed by atoms with van der Waals surface area (Å²) in [6.45, 7) is 0.306. The van der Waals surface area contributed by atoms with E-state index in [1.54, 1.807) is 7.11 Å². The Hall–Kier alpha value is -1.27. The first kappa shape index (κ1) is 15.1. The number of methoxy groups -OCH3 is 1. The summed E-state index contributed by atoms with van der Waals surface area (Å²) in [4.78, 5) is 1.97. The zero-order valence-electron chi connectivity index (χ0n) is 12.0. The maximum absolute atomic E-state index is 12.0. The number of hydrogen-bond acceptors (Lipinski definition) is 5. The van der Waals surface area contributed by atoms with E-state index in [9.17, 15) is 8.42 Å². The van der Waals surface area contributed by atoms with Gasteiger partial charge in [-0.05, 0) is 25.0 Å². The molecule has 2 N–H and O–H groups in total. The molecule has 112 valence electrons. The molecule has 0 spiro atoms. The maximum atomic E-state index is 12.0. The van der Waals surface area contributed by atoms with E-state index in [4.69, 9.17) is 10.5 Å². The van der Waals surface area contributed by atoms with Crippen LogP contribution in [0.2, 0.25) is 0 Å². The van der Waals surface area contributed by atoms with Gasteiger partial charge in [0.1, 0.15) is 5.75 Å². The van der Waals surface area contributed by atoms with Gasteiger partial charge in [0, 0.05) is 13.6 Å². The summed E-state index contributed by atoms with van der Waals surface area (Å²) in [5.74, 6) is 1.09. The number of nitrogens with two attached hydrogens (primary N) is 1. The lowest BCUT2D eigenvalue weighted by Gasteiger charge is -2.45. The Morgan fingerprint density at radius 3 is 2.70 bits per heavy atom. The molecule has 1 aromatic rings. The predicted molar refractivity (Wildman–Crippen MR) is 81.1 cm³/mol. The molecule has 0 aromatic heterocycles. The van der Waals surface area contributed by atoms with Crippen molar-refractivity contribution in [2.24, 2.45) is 5.73 Å². The molecule has 1 unspecified atom stereocenters. The third-order valence-electron chi connectivity index (χ3n) is 4.12. The van der Waals surface area contributed by atoms with Crippen LogP contribution in [0.1, 0.15) is 12.8 Å². The number of nitrogens with zero attached hydrogens (tertiary/aromatic N) is 1. The highest BCUT2D eigenvalue weighted by atomic mass is 32.2. The van der Waals surface area contributed by atoms with E-state index in [-0.39, 0.29) is 11.5 Å². The van der Waals surface area contributed by atoms with Gasteiger partial charge in [-0.2, -0.15) is 0 Å². The summed E-state index contributed by atoms with van der Waals surface area (Å²) in [6, 6.07) is 7.60. The largest absolute Gasteiger partial charge is 0.495 e. The Bertz CT molecular complexity index is 574. The van der Waals surface area contributed by atoms with Crippen molar-refractivity contribution in [3.8, 4) is 5.75 Å². The van der Waals surface area contributed by atoms with E-state index < -0.39 is 15.4 Å². The fourth-order valence-corrected chi connectivity index (χ4v) is 4.90. The first-order chi connectivity index (χ1) is 9.44. The zero-order valence-corrected chi connectivity index (χ0v) is 12.8. The molecule has 6 heteroatoms. The van der Waals surface area contributed by atoms with Crippen LogP contribution in [0.5, 0.6) is 5.75 Å². The van der Waals surface area contributed by atoms with Gasteiger partial charge in [-0.1, -0.05) is 12.1 Å². The second-order valence-electron chi connectivity index (χ2n) is 5.35. The minimum absolute atomic E-state index is 0.102. The molecule has 0 aliphatic carbocycles. The average molecular weight is 298 g/mol. The number of hydrogen-bond donors (Lipinski definition) is 1. The first-order valence-corrected chi connectivity index (χ1v) is 8.54. The number of rotatable bonds is 4. The van der Waals surface area contributed by atoms with Crippen molar-refractivity contribution in [2.75, 3.05) is 37.1 Å². The SMILES string of the molecule is COc1ccccc1N(C)C1(CN)CCCS(=O)(=O)C1. The zero-order chi connectivity index (χ0) is 14.8. The standard InChI is InChI=1S/C14H22N2O3S/c1-16(12-6-3-4-7-13(12)19-2)14(10-15)8-5-9-20(17,18)11-14/h3-4,6-7H,5,8-11,15H2,1-2H3. The minimum Gasteiger partial charge on any atom is -0.495 e. The number of ether oxygens (including phenoxy) is 1. The topological polar surface area (TPSA) is 72.6 Å². The lowest BCUT2D eigenvalue weighted by Crippen LogP contribution is -2.59. The molecule has 2 rings (SSSR count). The number of benzene rings is 1. The summed E-state index contributed by atoms with van der Waals surface area (Å²) < 4.78 is 29.4. The van der Waals surface area contributed by atoms with Gasteiger partial charge in [0.05, 0.1) is 29.8 Å². The molecule has 1 aliphatic heterocycles. The first-order valence-electron chi connectivity index (χ1n) is 6.71. The van der Waals surface area contributed by atoms with E-state index >= 15 is 0 Å². The molecule has 0 saturated carbocycles. The molecule has 0 radical (unpaired) electrons.